The molecule has 152 valence electrons. The number of nitrogens with zero attached hydrogens (tertiary/aromatic N) is 4. The number of methoxy groups -OCH3 is 1. The van der Waals surface area contributed by atoms with Gasteiger partial charge in [-0.3, -0.25) is 0 Å². The van der Waals surface area contributed by atoms with Crippen molar-refractivity contribution in [2.24, 2.45) is 0 Å². The van der Waals surface area contributed by atoms with E-state index in [1.165, 1.54) is 56.9 Å². The summed E-state index contributed by atoms with van der Waals surface area (Å²) in [5.74, 6) is -0.619. The van der Waals surface area contributed by atoms with Crippen molar-refractivity contribution in [3.63, 3.8) is 0 Å². The SMILES string of the molecule is COc1ccc(S(=O)(=O)n2cc(CN(C)C(=O)O)cc2-c2cccnc2F)cn1. The average molecular weight is 420 g/mol. The van der Waals surface area contributed by atoms with Crippen LogP contribution in [0.4, 0.5) is 9.18 Å². The lowest BCUT2D eigenvalue weighted by Crippen LogP contribution is -2.23. The molecule has 0 saturated heterocycles. The number of ether oxygens (including phenoxy) is 1. The number of rotatable bonds is 6. The Balaban J connectivity index is 2.16. The summed E-state index contributed by atoms with van der Waals surface area (Å²) in [6.45, 7) is -0.0897. The molecule has 0 aliphatic carbocycles. The van der Waals surface area contributed by atoms with Gasteiger partial charge in [0.25, 0.3) is 10.0 Å². The lowest BCUT2D eigenvalue weighted by atomic mass is 10.2. The molecule has 0 bridgehead atoms. The first-order valence-electron chi connectivity index (χ1n) is 8.26. The molecule has 9 nitrogen and oxygen atoms in total. The van der Waals surface area contributed by atoms with E-state index in [1.807, 2.05) is 0 Å². The fraction of sp³-hybridized carbons (Fsp3) is 0.167. The minimum Gasteiger partial charge on any atom is -0.481 e. The number of hydrogen-bond acceptors (Lipinski definition) is 6. The highest BCUT2D eigenvalue weighted by Gasteiger charge is 2.24. The Morgan fingerprint density at radius 1 is 1.31 bits per heavy atom. The Kier molecular flexibility index (Phi) is 5.50. The van der Waals surface area contributed by atoms with E-state index in [9.17, 15) is 17.6 Å². The fourth-order valence-corrected chi connectivity index (χ4v) is 3.99. The average Bonchev–Trinajstić information content (AvgIpc) is 3.12. The van der Waals surface area contributed by atoms with Gasteiger partial charge in [-0.25, -0.2) is 27.2 Å². The van der Waals surface area contributed by atoms with Gasteiger partial charge in [0.2, 0.25) is 11.8 Å². The Morgan fingerprint density at radius 2 is 2.07 bits per heavy atom. The third-order valence-corrected chi connectivity index (χ3v) is 5.76. The van der Waals surface area contributed by atoms with Crippen LogP contribution >= 0.6 is 0 Å². The van der Waals surface area contributed by atoms with E-state index in [2.05, 4.69) is 9.97 Å². The van der Waals surface area contributed by atoms with Gasteiger partial charge in [-0.1, -0.05) is 0 Å². The van der Waals surface area contributed by atoms with Crippen LogP contribution in [0.5, 0.6) is 5.88 Å². The molecule has 1 amide bonds. The van der Waals surface area contributed by atoms with Gasteiger partial charge in [0, 0.05) is 25.5 Å². The zero-order chi connectivity index (χ0) is 21.2. The van der Waals surface area contributed by atoms with E-state index >= 15 is 0 Å². The third-order valence-electron chi connectivity index (χ3n) is 4.10. The highest BCUT2D eigenvalue weighted by molar-refractivity contribution is 7.90. The first kappa shape index (κ1) is 20.3. The van der Waals surface area contributed by atoms with E-state index in [4.69, 9.17) is 9.84 Å². The largest absolute Gasteiger partial charge is 0.481 e. The fourth-order valence-electron chi connectivity index (χ4n) is 2.65. The van der Waals surface area contributed by atoms with E-state index in [0.717, 1.165) is 15.1 Å². The summed E-state index contributed by atoms with van der Waals surface area (Å²) in [6.07, 6.45) is 2.43. The van der Waals surface area contributed by atoms with Gasteiger partial charge in [-0.05, 0) is 29.8 Å². The molecule has 0 radical (unpaired) electrons. The van der Waals surface area contributed by atoms with Crippen molar-refractivity contribution in [3.8, 4) is 17.1 Å². The van der Waals surface area contributed by atoms with E-state index in [-0.39, 0.29) is 28.6 Å². The molecule has 3 rings (SSSR count). The molecule has 0 saturated carbocycles. The van der Waals surface area contributed by atoms with E-state index < -0.39 is 22.1 Å². The zero-order valence-electron chi connectivity index (χ0n) is 15.5. The molecule has 0 unspecified atom stereocenters. The van der Waals surface area contributed by atoms with Crippen LogP contribution < -0.4 is 4.74 Å². The minimum atomic E-state index is -4.16. The Bertz CT molecular complexity index is 1150. The zero-order valence-corrected chi connectivity index (χ0v) is 16.3. The van der Waals surface area contributed by atoms with Crippen molar-refractivity contribution in [1.29, 1.82) is 0 Å². The molecule has 0 spiro atoms. The number of amides is 1. The number of carboxylic acid groups (broad SMARTS) is 1. The quantitative estimate of drug-likeness (QED) is 0.609. The van der Waals surface area contributed by atoms with Crippen molar-refractivity contribution >= 4 is 16.1 Å². The molecule has 11 heteroatoms. The van der Waals surface area contributed by atoms with Gasteiger partial charge in [-0.2, -0.15) is 4.39 Å². The molecule has 0 aliphatic rings. The number of halogens is 1. The second-order valence-corrected chi connectivity index (χ2v) is 7.87. The predicted octanol–water partition coefficient (Wildman–Crippen LogP) is 2.44. The monoisotopic (exact) mass is 420 g/mol. The second kappa shape index (κ2) is 7.87. The predicted molar refractivity (Wildman–Crippen MR) is 100 cm³/mol. The van der Waals surface area contributed by atoms with Crippen LogP contribution in [0.15, 0.2) is 53.8 Å². The highest BCUT2D eigenvalue weighted by Crippen LogP contribution is 2.29. The van der Waals surface area contributed by atoms with Crippen LogP contribution in [0, 0.1) is 5.95 Å². The van der Waals surface area contributed by atoms with Crippen LogP contribution in [-0.2, 0) is 16.6 Å². The second-order valence-electron chi connectivity index (χ2n) is 6.05. The number of aromatic nitrogens is 3. The van der Waals surface area contributed by atoms with Crippen molar-refractivity contribution in [1.82, 2.24) is 18.8 Å². The van der Waals surface area contributed by atoms with Crippen LogP contribution in [0.3, 0.4) is 0 Å². The van der Waals surface area contributed by atoms with Gasteiger partial charge in [0.1, 0.15) is 4.90 Å². The lowest BCUT2D eigenvalue weighted by molar-refractivity contribution is 0.154. The van der Waals surface area contributed by atoms with Gasteiger partial charge < -0.3 is 14.7 Å². The van der Waals surface area contributed by atoms with Crippen molar-refractivity contribution in [2.75, 3.05) is 14.2 Å². The first-order valence-corrected chi connectivity index (χ1v) is 9.70. The van der Waals surface area contributed by atoms with Gasteiger partial charge in [0.05, 0.1) is 31.1 Å². The topological polar surface area (TPSA) is 115 Å². The smallest absolute Gasteiger partial charge is 0.407 e. The molecule has 1 N–H and O–H groups in total. The first-order chi connectivity index (χ1) is 13.7. The maximum Gasteiger partial charge on any atom is 0.407 e. The number of pyridine rings is 2. The van der Waals surface area contributed by atoms with Crippen LogP contribution in [0.25, 0.3) is 11.3 Å². The Hall–Kier alpha value is -3.47. The van der Waals surface area contributed by atoms with E-state index in [0.29, 0.717) is 5.56 Å². The number of hydrogen-bond donors (Lipinski definition) is 1. The number of carbonyl (C=O) groups is 1. The lowest BCUT2D eigenvalue weighted by Gasteiger charge is -2.11. The summed E-state index contributed by atoms with van der Waals surface area (Å²) in [7, 11) is -1.42. The van der Waals surface area contributed by atoms with Crippen molar-refractivity contribution < 1.29 is 27.4 Å². The Labute approximate surface area is 166 Å². The summed E-state index contributed by atoms with van der Waals surface area (Å²) in [5.41, 5.74) is 0.333. The molecule has 0 aliphatic heterocycles. The minimum absolute atomic E-state index is 0.0141. The van der Waals surface area contributed by atoms with Gasteiger partial charge in [-0.15, -0.1) is 0 Å². The standard InChI is InChI=1S/C18H17FN4O5S/c1-22(18(24)25)10-12-8-15(14-4-3-7-20-17(14)19)23(11-12)29(26,27)13-5-6-16(28-2)21-9-13/h3-9,11H,10H2,1-2H3,(H,24,25). The molecule has 3 heterocycles. The molecule has 0 aromatic carbocycles. The van der Waals surface area contributed by atoms with Crippen molar-refractivity contribution in [3.05, 3.63) is 60.4 Å². The summed E-state index contributed by atoms with van der Waals surface area (Å²) < 4.78 is 46.5. The maximum absolute atomic E-state index is 14.3. The molecule has 29 heavy (non-hydrogen) atoms. The van der Waals surface area contributed by atoms with Gasteiger partial charge >= 0.3 is 6.09 Å². The molecule has 3 aromatic rings. The normalized spacial score (nSPS) is 11.3. The molecular formula is C18H17FN4O5S. The molecule has 3 aromatic heterocycles. The molecule has 0 fully saturated rings. The van der Waals surface area contributed by atoms with E-state index in [1.54, 1.807) is 0 Å². The summed E-state index contributed by atoms with van der Waals surface area (Å²) in [5, 5.41) is 9.08. The van der Waals surface area contributed by atoms with Crippen LogP contribution in [-0.4, -0.2) is 52.6 Å². The molecule has 0 atom stereocenters. The summed E-state index contributed by atoms with van der Waals surface area (Å²) >= 11 is 0. The summed E-state index contributed by atoms with van der Waals surface area (Å²) in [4.78, 5) is 19.4. The van der Waals surface area contributed by atoms with Crippen LogP contribution in [0.1, 0.15) is 5.56 Å². The molecular weight excluding hydrogens is 403 g/mol. The van der Waals surface area contributed by atoms with Gasteiger partial charge in [0.15, 0.2) is 0 Å². The highest BCUT2D eigenvalue weighted by atomic mass is 32.2. The summed E-state index contributed by atoms with van der Waals surface area (Å²) in [6, 6.07) is 6.97. The third kappa shape index (κ3) is 4.04. The van der Waals surface area contributed by atoms with Crippen LogP contribution in [0.2, 0.25) is 0 Å². The van der Waals surface area contributed by atoms with Crippen molar-refractivity contribution in [2.45, 2.75) is 11.4 Å². The Morgan fingerprint density at radius 3 is 2.66 bits per heavy atom. The maximum atomic E-state index is 14.3.